The van der Waals surface area contributed by atoms with Gasteiger partial charge in [0, 0.05) is 11.1 Å². The predicted octanol–water partition coefficient (Wildman–Crippen LogP) is 13.4. The fourth-order valence-electron chi connectivity index (χ4n) is 9.46. The van der Waals surface area contributed by atoms with Gasteiger partial charge in [0.25, 0.3) is 0 Å². The SMILES string of the molecule is [B]c1c(O)c(N(c2ccc(-c3c(-c4ccccc4)c4ccccc4c4ccccc34)cc2)c2cc3ccccc3c3ccccc23)c(O)c([B])c1-c1ccc(-c2ccccc2)cc1. The molecule has 0 amide bonds. The molecule has 292 valence electrons. The predicted molar refractivity (Wildman–Crippen MR) is 267 cm³/mol. The van der Waals surface area contributed by atoms with E-state index in [4.69, 9.17) is 15.7 Å². The summed E-state index contributed by atoms with van der Waals surface area (Å²) in [5.41, 5.74) is 9.18. The second-order valence-electron chi connectivity index (χ2n) is 15.9. The fraction of sp³-hybridized carbons (Fsp3) is 0. The number of phenols is 2. The zero-order valence-electron chi connectivity index (χ0n) is 34.2. The topological polar surface area (TPSA) is 43.7 Å². The van der Waals surface area contributed by atoms with Crippen molar-refractivity contribution in [2.45, 2.75) is 0 Å². The first-order chi connectivity index (χ1) is 31.0. The van der Waals surface area contributed by atoms with Crippen LogP contribution in [0.1, 0.15) is 0 Å². The summed E-state index contributed by atoms with van der Waals surface area (Å²) in [7, 11) is 13.9. The molecule has 0 atom stereocenters. The molecule has 11 aromatic carbocycles. The third-order valence-electron chi connectivity index (χ3n) is 12.4. The number of hydrogen-bond acceptors (Lipinski definition) is 3. The van der Waals surface area contributed by atoms with Crippen LogP contribution < -0.4 is 15.8 Å². The molecule has 0 saturated carbocycles. The Labute approximate surface area is 368 Å². The van der Waals surface area contributed by atoms with Gasteiger partial charge in [-0.1, -0.05) is 194 Å². The molecule has 0 bridgehead atoms. The van der Waals surface area contributed by atoms with Crippen molar-refractivity contribution in [1.82, 2.24) is 0 Å². The molecule has 0 unspecified atom stereocenters. The average molecular weight is 802 g/mol. The maximum Gasteiger partial charge on any atom is 0.136 e. The molecule has 0 spiro atoms. The van der Waals surface area contributed by atoms with Crippen LogP contribution in [0.2, 0.25) is 0 Å². The van der Waals surface area contributed by atoms with Crippen LogP contribution in [0.15, 0.2) is 212 Å². The number of aromatic hydroxyl groups is 2. The molecule has 0 fully saturated rings. The third-order valence-corrected chi connectivity index (χ3v) is 12.4. The van der Waals surface area contributed by atoms with E-state index in [-0.39, 0.29) is 28.1 Å². The van der Waals surface area contributed by atoms with E-state index in [2.05, 4.69) is 115 Å². The second kappa shape index (κ2) is 15.5. The van der Waals surface area contributed by atoms with Gasteiger partial charge in [-0.2, -0.15) is 0 Å². The number of rotatable bonds is 7. The van der Waals surface area contributed by atoms with Crippen LogP contribution in [0, 0.1) is 0 Å². The van der Waals surface area contributed by atoms with Crippen LogP contribution >= 0.6 is 0 Å². The molecule has 0 heterocycles. The average Bonchev–Trinajstić information content (AvgIpc) is 3.35. The summed E-state index contributed by atoms with van der Waals surface area (Å²) in [6.07, 6.45) is 0. The third kappa shape index (κ3) is 6.32. The molecule has 63 heavy (non-hydrogen) atoms. The second-order valence-corrected chi connectivity index (χ2v) is 15.9. The summed E-state index contributed by atoms with van der Waals surface area (Å²) in [5, 5.41) is 33.5. The fourth-order valence-corrected chi connectivity index (χ4v) is 9.46. The minimum Gasteiger partial charge on any atom is -0.506 e. The monoisotopic (exact) mass is 801 g/mol. The number of benzene rings is 11. The van der Waals surface area contributed by atoms with Gasteiger partial charge >= 0.3 is 0 Å². The van der Waals surface area contributed by atoms with Crippen molar-refractivity contribution in [2.24, 2.45) is 0 Å². The number of phenolic OH excluding ortho intramolecular Hbond substituents is 2. The molecule has 3 nitrogen and oxygen atoms in total. The van der Waals surface area contributed by atoms with Crippen LogP contribution in [0.25, 0.3) is 87.6 Å². The Balaban J connectivity index is 1.14. The van der Waals surface area contributed by atoms with Crippen LogP contribution in [-0.4, -0.2) is 25.9 Å². The van der Waals surface area contributed by atoms with Gasteiger partial charge in [0.15, 0.2) is 0 Å². The molecule has 0 saturated heterocycles. The molecule has 2 N–H and O–H groups in total. The first kappa shape index (κ1) is 38.0. The van der Waals surface area contributed by atoms with Gasteiger partial charge in [0.05, 0.1) is 5.69 Å². The number of fused-ring (bicyclic) bond motifs is 6. The minimum absolute atomic E-state index is 0.0645. The van der Waals surface area contributed by atoms with E-state index in [1.165, 1.54) is 16.2 Å². The number of anilines is 3. The summed E-state index contributed by atoms with van der Waals surface area (Å²) in [6, 6.07) is 72.5. The molecular formula is C58H37B2NO2. The van der Waals surface area contributed by atoms with Crippen molar-refractivity contribution in [1.29, 1.82) is 0 Å². The van der Waals surface area contributed by atoms with Gasteiger partial charge in [-0.05, 0) is 111 Å². The lowest BCUT2D eigenvalue weighted by molar-refractivity contribution is 0.458. The normalized spacial score (nSPS) is 11.4. The Hall–Kier alpha value is -8.01. The van der Waals surface area contributed by atoms with Gasteiger partial charge in [0.2, 0.25) is 0 Å². The highest BCUT2D eigenvalue weighted by Crippen LogP contribution is 2.50. The zero-order chi connectivity index (χ0) is 42.6. The van der Waals surface area contributed by atoms with E-state index in [1.54, 1.807) is 0 Å². The summed E-state index contributed by atoms with van der Waals surface area (Å²) >= 11 is 0. The van der Waals surface area contributed by atoms with E-state index in [9.17, 15) is 10.2 Å². The summed E-state index contributed by atoms with van der Waals surface area (Å²) in [6.45, 7) is 0. The summed E-state index contributed by atoms with van der Waals surface area (Å²) in [5.74, 6) is -0.561. The van der Waals surface area contributed by atoms with Gasteiger partial charge in [-0.15, -0.1) is 0 Å². The molecule has 4 radical (unpaired) electrons. The summed E-state index contributed by atoms with van der Waals surface area (Å²) in [4.78, 5) is 1.88. The Bertz CT molecular complexity index is 3510. The molecule has 11 rings (SSSR count). The first-order valence-electron chi connectivity index (χ1n) is 21.0. The van der Waals surface area contributed by atoms with Gasteiger partial charge in [0.1, 0.15) is 32.9 Å². The van der Waals surface area contributed by atoms with Gasteiger partial charge < -0.3 is 15.1 Å². The molecule has 0 aliphatic rings. The van der Waals surface area contributed by atoms with Crippen LogP contribution in [0.3, 0.4) is 0 Å². The number of hydrogen-bond donors (Lipinski definition) is 2. The van der Waals surface area contributed by atoms with Gasteiger partial charge in [-0.3, -0.25) is 0 Å². The highest BCUT2D eigenvalue weighted by Gasteiger charge is 2.28. The highest BCUT2D eigenvalue weighted by atomic mass is 16.3. The Kier molecular flexibility index (Phi) is 9.32. The molecule has 5 heteroatoms. The molecule has 11 aromatic rings. The van der Waals surface area contributed by atoms with Crippen molar-refractivity contribution in [3.8, 4) is 56.0 Å². The molecule has 0 aliphatic heterocycles. The van der Waals surface area contributed by atoms with Crippen LogP contribution in [0.5, 0.6) is 11.5 Å². The molecule has 0 aromatic heterocycles. The Morgan fingerprint density at radius 1 is 0.317 bits per heavy atom. The van der Waals surface area contributed by atoms with E-state index in [0.717, 1.165) is 66.0 Å². The molecule has 0 aliphatic carbocycles. The maximum absolute atomic E-state index is 12.4. The Morgan fingerprint density at radius 3 is 1.24 bits per heavy atom. The van der Waals surface area contributed by atoms with Crippen LogP contribution in [-0.2, 0) is 0 Å². The Morgan fingerprint density at radius 2 is 0.683 bits per heavy atom. The lowest BCUT2D eigenvalue weighted by Crippen LogP contribution is -2.24. The first-order valence-corrected chi connectivity index (χ1v) is 21.0. The number of nitrogens with zero attached hydrogens (tertiary/aromatic N) is 1. The van der Waals surface area contributed by atoms with Crippen molar-refractivity contribution in [3.63, 3.8) is 0 Å². The van der Waals surface area contributed by atoms with Crippen molar-refractivity contribution in [2.75, 3.05) is 4.90 Å². The zero-order valence-corrected chi connectivity index (χ0v) is 34.2. The van der Waals surface area contributed by atoms with E-state index in [1.807, 2.05) is 102 Å². The van der Waals surface area contributed by atoms with Crippen molar-refractivity contribution < 1.29 is 10.2 Å². The van der Waals surface area contributed by atoms with Crippen LogP contribution in [0.4, 0.5) is 17.1 Å². The van der Waals surface area contributed by atoms with E-state index in [0.29, 0.717) is 16.8 Å². The smallest absolute Gasteiger partial charge is 0.136 e. The molecular weight excluding hydrogens is 764 g/mol. The van der Waals surface area contributed by atoms with E-state index >= 15 is 0 Å². The lowest BCUT2D eigenvalue weighted by Gasteiger charge is -2.31. The quantitative estimate of drug-likeness (QED) is 0.125. The maximum atomic E-state index is 12.4. The van der Waals surface area contributed by atoms with Gasteiger partial charge in [-0.25, -0.2) is 0 Å². The van der Waals surface area contributed by atoms with Crippen molar-refractivity contribution >= 4 is 86.8 Å². The lowest BCUT2D eigenvalue weighted by atomic mass is 9.76. The van der Waals surface area contributed by atoms with Crippen molar-refractivity contribution in [3.05, 3.63) is 212 Å². The summed E-state index contributed by atoms with van der Waals surface area (Å²) < 4.78 is 0. The largest absolute Gasteiger partial charge is 0.506 e. The standard InChI is InChI=1S/C58H37B2NO2/c59-54-53(40-29-27-37(28-30-40)36-15-3-1-4-16-36)55(60)58(63)56(57(54)62)61(50-35-41-19-7-8-20-43(41)44-21-9-12-24-47(44)50)42-33-31-39(32-34-42)52-49-26-14-11-23-46(49)45-22-10-13-25-48(45)51(52)38-17-5-2-6-18-38/h1-35,62-63H. The minimum atomic E-state index is -0.281. The van der Waals surface area contributed by atoms with E-state index < -0.39 is 0 Å². The highest BCUT2D eigenvalue weighted by molar-refractivity contribution is 6.47.